The van der Waals surface area contributed by atoms with Crippen molar-refractivity contribution in [1.82, 2.24) is 9.78 Å². The topological polar surface area (TPSA) is 67.9 Å². The van der Waals surface area contributed by atoms with Gasteiger partial charge in [0.1, 0.15) is 5.75 Å². The monoisotopic (exact) mass is 297 g/mol. The first-order valence-corrected chi connectivity index (χ1v) is 7.32. The van der Waals surface area contributed by atoms with Crippen molar-refractivity contribution in [2.75, 3.05) is 7.11 Å². The van der Waals surface area contributed by atoms with Gasteiger partial charge < -0.3 is 4.74 Å². The summed E-state index contributed by atoms with van der Waals surface area (Å²) in [6.07, 6.45) is 1.94. The Morgan fingerprint density at radius 3 is 2.86 bits per heavy atom. The third-order valence-corrected chi connectivity index (χ3v) is 3.41. The Hall–Kier alpha value is -2.61. The van der Waals surface area contributed by atoms with Crippen molar-refractivity contribution < 1.29 is 4.74 Å². The molecule has 1 aromatic heterocycles. The van der Waals surface area contributed by atoms with E-state index in [0.717, 1.165) is 24.2 Å². The van der Waals surface area contributed by atoms with Gasteiger partial charge in [0, 0.05) is 17.7 Å². The number of benzene rings is 1. The highest BCUT2D eigenvalue weighted by molar-refractivity contribution is 5.61. The summed E-state index contributed by atoms with van der Waals surface area (Å²) in [4.78, 5) is 12.3. The van der Waals surface area contributed by atoms with Crippen LogP contribution in [0.25, 0.3) is 11.3 Å². The first-order chi connectivity index (χ1) is 10.7. The molecule has 0 unspecified atom stereocenters. The Bertz CT molecular complexity index is 744. The van der Waals surface area contributed by atoms with Crippen LogP contribution in [-0.2, 0) is 13.0 Å². The van der Waals surface area contributed by atoms with E-state index in [4.69, 9.17) is 10.00 Å². The van der Waals surface area contributed by atoms with Gasteiger partial charge in [0.15, 0.2) is 0 Å². The van der Waals surface area contributed by atoms with Crippen LogP contribution in [0.15, 0.2) is 35.1 Å². The molecule has 0 amide bonds. The summed E-state index contributed by atoms with van der Waals surface area (Å²) in [5, 5.41) is 13.4. The Balaban J connectivity index is 2.52. The maximum atomic E-state index is 12.3. The number of aryl methyl sites for hydroxylation is 1. The smallest absolute Gasteiger partial charge is 0.271 e. The number of unbranched alkanes of at least 4 members (excludes halogenated alkanes) is 1. The minimum Gasteiger partial charge on any atom is -0.497 e. The molecule has 0 spiro atoms. The number of hydrogen-bond donors (Lipinski definition) is 0. The Morgan fingerprint density at radius 1 is 1.36 bits per heavy atom. The summed E-state index contributed by atoms with van der Waals surface area (Å²) >= 11 is 0. The van der Waals surface area contributed by atoms with Crippen LogP contribution in [0.4, 0.5) is 0 Å². The first kappa shape index (κ1) is 15.8. The van der Waals surface area contributed by atoms with E-state index in [1.54, 1.807) is 13.2 Å². The molecule has 0 saturated heterocycles. The lowest BCUT2D eigenvalue weighted by atomic mass is 10.1. The van der Waals surface area contributed by atoms with Crippen LogP contribution < -0.4 is 10.3 Å². The molecule has 0 radical (unpaired) electrons. The lowest BCUT2D eigenvalue weighted by Gasteiger charge is -2.10. The van der Waals surface area contributed by atoms with E-state index in [2.05, 4.69) is 12.0 Å². The highest BCUT2D eigenvalue weighted by atomic mass is 16.5. The van der Waals surface area contributed by atoms with Crippen LogP contribution >= 0.6 is 0 Å². The second kappa shape index (κ2) is 7.41. The number of nitrogens with zero attached hydrogens (tertiary/aromatic N) is 3. The molecule has 0 aliphatic carbocycles. The van der Waals surface area contributed by atoms with E-state index in [1.165, 1.54) is 4.68 Å². The van der Waals surface area contributed by atoms with Crippen LogP contribution in [0, 0.1) is 11.3 Å². The van der Waals surface area contributed by atoms with Crippen molar-refractivity contribution in [2.45, 2.75) is 32.7 Å². The largest absolute Gasteiger partial charge is 0.497 e. The Morgan fingerprint density at radius 2 is 2.18 bits per heavy atom. The van der Waals surface area contributed by atoms with Crippen LogP contribution in [0.5, 0.6) is 5.75 Å². The summed E-state index contributed by atoms with van der Waals surface area (Å²) in [5.74, 6) is 0.729. The number of methoxy groups -OCH3 is 1. The van der Waals surface area contributed by atoms with E-state index in [9.17, 15) is 4.79 Å². The van der Waals surface area contributed by atoms with Crippen molar-refractivity contribution in [3.63, 3.8) is 0 Å². The van der Waals surface area contributed by atoms with Gasteiger partial charge in [0.05, 0.1) is 25.3 Å². The van der Waals surface area contributed by atoms with Crippen LogP contribution in [0.1, 0.15) is 25.3 Å². The molecule has 5 nitrogen and oxygen atoms in total. The number of aromatic nitrogens is 2. The summed E-state index contributed by atoms with van der Waals surface area (Å²) < 4.78 is 6.69. The van der Waals surface area contributed by atoms with E-state index in [0.29, 0.717) is 17.8 Å². The molecule has 1 heterocycles. The second-order valence-corrected chi connectivity index (χ2v) is 5.00. The summed E-state index contributed by atoms with van der Waals surface area (Å²) in [6, 6.07) is 11.3. The van der Waals surface area contributed by atoms with Crippen molar-refractivity contribution in [3.05, 3.63) is 46.2 Å². The molecule has 0 saturated carbocycles. The summed E-state index contributed by atoms with van der Waals surface area (Å²) in [7, 11) is 1.61. The molecule has 0 N–H and O–H groups in total. The van der Waals surface area contributed by atoms with Gasteiger partial charge in [-0.3, -0.25) is 4.79 Å². The van der Waals surface area contributed by atoms with Gasteiger partial charge in [-0.2, -0.15) is 10.4 Å². The van der Waals surface area contributed by atoms with Gasteiger partial charge in [-0.15, -0.1) is 0 Å². The van der Waals surface area contributed by atoms with Gasteiger partial charge in [0.2, 0.25) is 0 Å². The van der Waals surface area contributed by atoms with E-state index in [-0.39, 0.29) is 12.0 Å². The normalized spacial score (nSPS) is 10.2. The van der Waals surface area contributed by atoms with Crippen molar-refractivity contribution >= 4 is 0 Å². The second-order valence-electron chi connectivity index (χ2n) is 5.00. The fraction of sp³-hybridized carbons (Fsp3) is 0.353. The fourth-order valence-electron chi connectivity index (χ4n) is 2.19. The molecule has 2 aromatic rings. The predicted molar refractivity (Wildman–Crippen MR) is 84.7 cm³/mol. The zero-order chi connectivity index (χ0) is 15.9. The number of hydrogen-bond acceptors (Lipinski definition) is 4. The molecule has 0 fully saturated rings. The van der Waals surface area contributed by atoms with Gasteiger partial charge in [-0.1, -0.05) is 25.5 Å². The quantitative estimate of drug-likeness (QED) is 0.822. The molecular formula is C17H19N3O2. The third-order valence-electron chi connectivity index (χ3n) is 3.41. The van der Waals surface area contributed by atoms with Crippen molar-refractivity contribution in [1.29, 1.82) is 5.26 Å². The van der Waals surface area contributed by atoms with Gasteiger partial charge >= 0.3 is 0 Å². The SMILES string of the molecule is CCCCn1nc(-c2cccc(OC)c2)cc(CC#N)c1=O. The maximum absolute atomic E-state index is 12.3. The van der Waals surface area contributed by atoms with Gasteiger partial charge in [0.25, 0.3) is 5.56 Å². The van der Waals surface area contributed by atoms with Crippen molar-refractivity contribution in [2.24, 2.45) is 0 Å². The van der Waals surface area contributed by atoms with Crippen LogP contribution in [0.2, 0.25) is 0 Å². The Kier molecular flexibility index (Phi) is 5.31. The third kappa shape index (κ3) is 3.53. The van der Waals surface area contributed by atoms with Crippen molar-refractivity contribution in [3.8, 4) is 23.1 Å². The average Bonchev–Trinajstić information content (AvgIpc) is 2.55. The molecule has 0 aliphatic heterocycles. The number of ether oxygens (including phenoxy) is 1. The summed E-state index contributed by atoms with van der Waals surface area (Å²) in [5.41, 5.74) is 1.84. The minimum absolute atomic E-state index is 0.0877. The van der Waals surface area contributed by atoms with E-state index >= 15 is 0 Å². The molecule has 0 aliphatic rings. The molecule has 5 heteroatoms. The van der Waals surface area contributed by atoms with Crippen LogP contribution in [0.3, 0.4) is 0 Å². The molecule has 0 bridgehead atoms. The molecule has 0 atom stereocenters. The lowest BCUT2D eigenvalue weighted by Crippen LogP contribution is -2.26. The zero-order valence-electron chi connectivity index (χ0n) is 12.9. The Labute approximate surface area is 129 Å². The molecule has 114 valence electrons. The first-order valence-electron chi connectivity index (χ1n) is 7.32. The van der Waals surface area contributed by atoms with E-state index < -0.39 is 0 Å². The predicted octanol–water partition coefficient (Wildman–Crippen LogP) is 2.79. The molecule has 1 aromatic carbocycles. The zero-order valence-corrected chi connectivity index (χ0v) is 12.9. The highest BCUT2D eigenvalue weighted by Crippen LogP contribution is 2.22. The van der Waals surface area contributed by atoms with Gasteiger partial charge in [-0.05, 0) is 24.6 Å². The minimum atomic E-state index is -0.179. The van der Waals surface area contributed by atoms with E-state index in [1.807, 2.05) is 30.3 Å². The number of rotatable bonds is 6. The summed E-state index contributed by atoms with van der Waals surface area (Å²) in [6.45, 7) is 2.62. The lowest BCUT2D eigenvalue weighted by molar-refractivity contribution is 0.415. The fourth-order valence-corrected chi connectivity index (χ4v) is 2.19. The molecule has 22 heavy (non-hydrogen) atoms. The number of nitriles is 1. The maximum Gasteiger partial charge on any atom is 0.271 e. The highest BCUT2D eigenvalue weighted by Gasteiger charge is 2.10. The van der Waals surface area contributed by atoms with Gasteiger partial charge in [-0.25, -0.2) is 4.68 Å². The average molecular weight is 297 g/mol. The molecular weight excluding hydrogens is 278 g/mol. The van der Waals surface area contributed by atoms with Crippen LogP contribution in [-0.4, -0.2) is 16.9 Å². The molecule has 2 rings (SSSR count). The standard InChI is InChI=1S/C17H19N3O2/c1-3-4-10-20-17(21)14(8-9-18)12-16(19-20)13-6-5-7-15(11-13)22-2/h5-7,11-12H,3-4,8,10H2,1-2H3.